The first-order chi connectivity index (χ1) is 12.8. The standard InChI is InChI=1S/C19H21N3O4S/c1-27(25,26)22-11-3-5-14-12-16(6-7-17(14)22)21-19(24)9-8-18(23)15-4-2-10-20-13-15/h2,4,6-7,10,12-13H,3,5,8-9,11H2,1H3,(H,21,24). The topological polar surface area (TPSA) is 96.4 Å². The van der Waals surface area contributed by atoms with E-state index in [-0.39, 0.29) is 24.5 Å². The number of Topliss-reactive ketones (excluding diaryl/α,β-unsaturated/α-hetero) is 1. The predicted molar refractivity (Wildman–Crippen MR) is 103 cm³/mol. The Balaban J connectivity index is 1.63. The maximum atomic E-state index is 12.2. The fourth-order valence-corrected chi connectivity index (χ4v) is 4.10. The van der Waals surface area contributed by atoms with Crippen molar-refractivity contribution in [1.29, 1.82) is 0 Å². The van der Waals surface area contributed by atoms with Crippen LogP contribution in [0.25, 0.3) is 0 Å². The zero-order valence-corrected chi connectivity index (χ0v) is 15.8. The minimum Gasteiger partial charge on any atom is -0.326 e. The number of ketones is 1. The van der Waals surface area contributed by atoms with Gasteiger partial charge in [0.2, 0.25) is 15.9 Å². The Morgan fingerprint density at radius 2 is 2.04 bits per heavy atom. The number of pyridine rings is 1. The zero-order chi connectivity index (χ0) is 19.4. The van der Waals surface area contributed by atoms with Crippen molar-refractivity contribution in [2.45, 2.75) is 25.7 Å². The van der Waals surface area contributed by atoms with Crippen molar-refractivity contribution in [3.63, 3.8) is 0 Å². The smallest absolute Gasteiger partial charge is 0.232 e. The molecule has 8 heteroatoms. The summed E-state index contributed by atoms with van der Waals surface area (Å²) in [5.41, 5.74) is 2.63. The molecule has 1 amide bonds. The highest BCUT2D eigenvalue weighted by Gasteiger charge is 2.24. The van der Waals surface area contributed by atoms with Crippen LogP contribution in [0.3, 0.4) is 0 Å². The largest absolute Gasteiger partial charge is 0.326 e. The highest BCUT2D eigenvalue weighted by molar-refractivity contribution is 7.92. The summed E-state index contributed by atoms with van der Waals surface area (Å²) in [6.07, 6.45) is 5.92. The minimum atomic E-state index is -3.32. The molecule has 1 aliphatic rings. The van der Waals surface area contributed by atoms with Crippen molar-refractivity contribution >= 4 is 33.1 Å². The molecular weight excluding hydrogens is 366 g/mol. The summed E-state index contributed by atoms with van der Waals surface area (Å²) in [6.45, 7) is 0.466. The van der Waals surface area contributed by atoms with E-state index < -0.39 is 10.0 Å². The number of anilines is 2. The summed E-state index contributed by atoms with van der Waals surface area (Å²) >= 11 is 0. The number of fused-ring (bicyclic) bond motifs is 1. The van der Waals surface area contributed by atoms with Crippen LogP contribution in [-0.4, -0.2) is 37.9 Å². The van der Waals surface area contributed by atoms with E-state index in [1.807, 2.05) is 0 Å². The number of hydrogen-bond donors (Lipinski definition) is 1. The van der Waals surface area contributed by atoms with E-state index in [0.717, 1.165) is 18.4 Å². The van der Waals surface area contributed by atoms with Crippen LogP contribution in [0.1, 0.15) is 35.2 Å². The number of sulfonamides is 1. The average molecular weight is 387 g/mol. The summed E-state index contributed by atoms with van der Waals surface area (Å²) in [5, 5.41) is 2.78. The lowest BCUT2D eigenvalue weighted by atomic mass is 10.0. The molecule has 142 valence electrons. The normalized spacial score (nSPS) is 13.7. The SMILES string of the molecule is CS(=O)(=O)N1CCCc2cc(NC(=O)CCC(=O)c3cccnc3)ccc21. The average Bonchev–Trinajstić information content (AvgIpc) is 2.65. The van der Waals surface area contributed by atoms with Crippen LogP contribution in [-0.2, 0) is 21.2 Å². The summed E-state index contributed by atoms with van der Waals surface area (Å²) < 4.78 is 25.2. The zero-order valence-electron chi connectivity index (χ0n) is 15.0. The molecule has 2 heterocycles. The second kappa shape index (κ2) is 7.87. The molecule has 1 aromatic carbocycles. The lowest BCUT2D eigenvalue weighted by molar-refractivity contribution is -0.116. The molecule has 1 N–H and O–H groups in total. The van der Waals surface area contributed by atoms with Crippen molar-refractivity contribution in [2.24, 2.45) is 0 Å². The van der Waals surface area contributed by atoms with E-state index in [2.05, 4.69) is 10.3 Å². The molecule has 0 spiro atoms. The first kappa shape index (κ1) is 19.0. The van der Waals surface area contributed by atoms with Gasteiger partial charge in [0.15, 0.2) is 5.78 Å². The summed E-state index contributed by atoms with van der Waals surface area (Å²) in [4.78, 5) is 28.1. The highest BCUT2D eigenvalue weighted by Crippen LogP contribution is 2.31. The summed E-state index contributed by atoms with van der Waals surface area (Å²) in [6, 6.07) is 8.55. The highest BCUT2D eigenvalue weighted by atomic mass is 32.2. The Morgan fingerprint density at radius 3 is 2.74 bits per heavy atom. The van der Waals surface area contributed by atoms with Gasteiger partial charge in [0.05, 0.1) is 11.9 Å². The van der Waals surface area contributed by atoms with Crippen LogP contribution in [0.2, 0.25) is 0 Å². The third-order valence-electron chi connectivity index (χ3n) is 4.40. The molecule has 0 unspecified atom stereocenters. The van der Waals surface area contributed by atoms with Gasteiger partial charge in [-0.3, -0.25) is 18.9 Å². The predicted octanol–water partition coefficient (Wildman–Crippen LogP) is 2.40. The second-order valence-corrected chi connectivity index (χ2v) is 8.40. The molecule has 1 aliphatic heterocycles. The Hall–Kier alpha value is -2.74. The summed E-state index contributed by atoms with van der Waals surface area (Å²) in [7, 11) is -3.32. The van der Waals surface area contributed by atoms with Crippen molar-refractivity contribution < 1.29 is 18.0 Å². The van der Waals surface area contributed by atoms with Gasteiger partial charge in [-0.1, -0.05) is 0 Å². The number of carbonyl (C=O) groups excluding carboxylic acids is 2. The van der Waals surface area contributed by atoms with Crippen LogP contribution in [0, 0.1) is 0 Å². The molecular formula is C19H21N3O4S. The van der Waals surface area contributed by atoms with Crippen LogP contribution >= 0.6 is 0 Å². The molecule has 27 heavy (non-hydrogen) atoms. The van der Waals surface area contributed by atoms with Gasteiger partial charge in [-0.25, -0.2) is 8.42 Å². The van der Waals surface area contributed by atoms with E-state index in [1.165, 1.54) is 16.8 Å². The maximum absolute atomic E-state index is 12.2. The third-order valence-corrected chi connectivity index (χ3v) is 5.58. The van der Waals surface area contributed by atoms with Crippen LogP contribution < -0.4 is 9.62 Å². The number of aryl methyl sites for hydroxylation is 1. The minimum absolute atomic E-state index is 0.0697. The van der Waals surface area contributed by atoms with E-state index in [0.29, 0.717) is 23.5 Å². The lowest BCUT2D eigenvalue weighted by Gasteiger charge is -2.29. The Labute approximate surface area is 158 Å². The third kappa shape index (κ3) is 4.71. The molecule has 0 atom stereocenters. The van der Waals surface area contributed by atoms with Crippen LogP contribution in [0.4, 0.5) is 11.4 Å². The molecule has 2 aromatic rings. The number of carbonyl (C=O) groups is 2. The molecule has 0 fully saturated rings. The van der Waals surface area contributed by atoms with Crippen molar-refractivity contribution in [2.75, 3.05) is 22.4 Å². The number of benzene rings is 1. The molecule has 0 bridgehead atoms. The van der Waals surface area contributed by atoms with Gasteiger partial charge < -0.3 is 5.32 Å². The van der Waals surface area contributed by atoms with Crippen molar-refractivity contribution in [3.05, 3.63) is 53.9 Å². The number of rotatable bonds is 6. The van der Waals surface area contributed by atoms with E-state index in [4.69, 9.17) is 0 Å². The molecule has 0 saturated carbocycles. The van der Waals surface area contributed by atoms with Crippen LogP contribution in [0.15, 0.2) is 42.7 Å². The lowest BCUT2D eigenvalue weighted by Crippen LogP contribution is -2.34. The Kier molecular flexibility index (Phi) is 5.55. The number of hydrogen-bond acceptors (Lipinski definition) is 5. The molecule has 0 aliphatic carbocycles. The molecule has 1 aromatic heterocycles. The molecule has 3 rings (SSSR count). The quantitative estimate of drug-likeness (QED) is 0.768. The van der Waals surface area contributed by atoms with Crippen LogP contribution in [0.5, 0.6) is 0 Å². The number of aromatic nitrogens is 1. The Bertz CT molecular complexity index is 958. The first-order valence-electron chi connectivity index (χ1n) is 8.68. The van der Waals surface area contributed by atoms with Crippen molar-refractivity contribution in [1.82, 2.24) is 4.98 Å². The van der Waals surface area contributed by atoms with E-state index in [9.17, 15) is 18.0 Å². The van der Waals surface area contributed by atoms with Gasteiger partial charge >= 0.3 is 0 Å². The molecule has 7 nitrogen and oxygen atoms in total. The van der Waals surface area contributed by atoms with Gasteiger partial charge in [0, 0.05) is 43.0 Å². The number of amides is 1. The number of nitrogens with zero attached hydrogens (tertiary/aromatic N) is 2. The van der Waals surface area contributed by atoms with E-state index in [1.54, 1.807) is 36.5 Å². The monoisotopic (exact) mass is 387 g/mol. The summed E-state index contributed by atoms with van der Waals surface area (Å²) in [5.74, 6) is -0.393. The van der Waals surface area contributed by atoms with Crippen molar-refractivity contribution in [3.8, 4) is 0 Å². The van der Waals surface area contributed by atoms with E-state index >= 15 is 0 Å². The first-order valence-corrected chi connectivity index (χ1v) is 10.5. The maximum Gasteiger partial charge on any atom is 0.232 e. The van der Waals surface area contributed by atoms with Gasteiger partial charge in [-0.15, -0.1) is 0 Å². The second-order valence-electron chi connectivity index (χ2n) is 6.50. The molecule has 0 radical (unpaired) electrons. The fraction of sp³-hybridized carbons (Fsp3) is 0.316. The Morgan fingerprint density at radius 1 is 1.22 bits per heavy atom. The fourth-order valence-electron chi connectivity index (χ4n) is 3.11. The van der Waals surface area contributed by atoms with Gasteiger partial charge in [-0.05, 0) is 48.7 Å². The number of nitrogens with one attached hydrogen (secondary N) is 1. The van der Waals surface area contributed by atoms with Gasteiger partial charge in [0.25, 0.3) is 0 Å². The van der Waals surface area contributed by atoms with Gasteiger partial charge in [-0.2, -0.15) is 0 Å². The van der Waals surface area contributed by atoms with Gasteiger partial charge in [0.1, 0.15) is 0 Å². The molecule has 0 saturated heterocycles.